The fourth-order valence-electron chi connectivity index (χ4n) is 7.58. The van der Waals surface area contributed by atoms with Crippen LogP contribution in [0.2, 0.25) is 0 Å². The van der Waals surface area contributed by atoms with Crippen LogP contribution in [0.25, 0.3) is 50.3 Å². The fourth-order valence-corrected chi connectivity index (χ4v) is 7.58. The first kappa shape index (κ1) is 31.7. The van der Waals surface area contributed by atoms with Gasteiger partial charge in [0.2, 0.25) is 0 Å². The van der Waals surface area contributed by atoms with Crippen LogP contribution < -0.4 is 4.57 Å². The zero-order valence-electron chi connectivity index (χ0n) is 29.7. The molecular formula is C45H48N3+. The highest BCUT2D eigenvalue weighted by molar-refractivity contribution is 6.10. The molecule has 0 amide bonds. The van der Waals surface area contributed by atoms with Crippen LogP contribution in [0.4, 0.5) is 0 Å². The van der Waals surface area contributed by atoms with Gasteiger partial charge in [0, 0.05) is 38.7 Å². The largest absolute Gasteiger partial charge is 0.309 e. The normalized spacial score (nSPS) is 12.1. The van der Waals surface area contributed by atoms with Crippen molar-refractivity contribution in [3.63, 3.8) is 0 Å². The second-order valence-corrected chi connectivity index (χ2v) is 14.5. The lowest BCUT2D eigenvalue weighted by Crippen LogP contribution is -2.35. The van der Waals surface area contributed by atoms with Crippen molar-refractivity contribution < 1.29 is 4.57 Å². The summed E-state index contributed by atoms with van der Waals surface area (Å²) in [6.07, 6.45) is 4.61. The van der Waals surface area contributed by atoms with Gasteiger partial charge in [-0.15, -0.1) is 0 Å². The van der Waals surface area contributed by atoms with Crippen molar-refractivity contribution in [1.29, 1.82) is 0 Å². The van der Waals surface area contributed by atoms with E-state index in [2.05, 4.69) is 191 Å². The van der Waals surface area contributed by atoms with E-state index in [0.717, 1.165) is 0 Å². The van der Waals surface area contributed by atoms with Gasteiger partial charge in [0.1, 0.15) is 23.8 Å². The van der Waals surface area contributed by atoms with E-state index in [0.29, 0.717) is 23.7 Å². The average molecular weight is 631 g/mol. The summed E-state index contributed by atoms with van der Waals surface area (Å²) in [5.41, 5.74) is 12.9. The third-order valence-electron chi connectivity index (χ3n) is 9.93. The van der Waals surface area contributed by atoms with Gasteiger partial charge in [-0.25, -0.2) is 0 Å². The fraction of sp³-hybridized carbons (Fsp3) is 0.267. The summed E-state index contributed by atoms with van der Waals surface area (Å²) < 4.78 is 7.38. The Bertz CT molecular complexity index is 2110. The van der Waals surface area contributed by atoms with Crippen LogP contribution in [0.5, 0.6) is 0 Å². The Labute approximate surface area is 286 Å². The van der Waals surface area contributed by atoms with Gasteiger partial charge in [-0.1, -0.05) is 128 Å². The Balaban J connectivity index is 1.61. The Kier molecular flexibility index (Phi) is 8.33. The SMILES string of the molecule is CC(C)c1cccc(C(C)C)c1-n1cc[n+](-c2c(C(C)C)cccc2C(C)C)c1-c1ccc2c(c1)c1ccccc1n2-c1ccccc1. The highest BCUT2D eigenvalue weighted by Gasteiger charge is 2.31. The lowest BCUT2D eigenvalue weighted by atomic mass is 9.92. The molecule has 0 atom stereocenters. The van der Waals surface area contributed by atoms with Crippen LogP contribution in [0.15, 0.2) is 122 Å². The number of fused-ring (bicyclic) bond motifs is 3. The maximum absolute atomic E-state index is 2.49. The number of nitrogens with zero attached hydrogens (tertiary/aromatic N) is 3. The number of hydrogen-bond acceptors (Lipinski definition) is 0. The second kappa shape index (κ2) is 12.6. The number of benzene rings is 5. The van der Waals surface area contributed by atoms with Gasteiger partial charge in [0.05, 0.1) is 16.6 Å². The second-order valence-electron chi connectivity index (χ2n) is 14.5. The number of para-hydroxylation sites is 4. The lowest BCUT2D eigenvalue weighted by Gasteiger charge is -2.20. The van der Waals surface area contributed by atoms with Crippen molar-refractivity contribution in [2.45, 2.75) is 79.1 Å². The van der Waals surface area contributed by atoms with E-state index < -0.39 is 0 Å². The summed E-state index contributed by atoms with van der Waals surface area (Å²) in [5.74, 6) is 2.69. The Morgan fingerprint density at radius 3 is 1.65 bits per heavy atom. The minimum absolute atomic E-state index is 0.378. The molecule has 242 valence electrons. The minimum Gasteiger partial charge on any atom is -0.309 e. The molecule has 0 radical (unpaired) electrons. The van der Waals surface area contributed by atoms with E-state index in [1.165, 1.54) is 72.5 Å². The quantitative estimate of drug-likeness (QED) is 0.148. The van der Waals surface area contributed by atoms with E-state index in [4.69, 9.17) is 0 Å². The number of rotatable bonds is 8. The molecule has 3 nitrogen and oxygen atoms in total. The first-order valence-corrected chi connectivity index (χ1v) is 17.7. The summed E-state index contributed by atoms with van der Waals surface area (Å²) in [7, 11) is 0. The number of imidazole rings is 1. The van der Waals surface area contributed by atoms with Gasteiger partial charge in [0.15, 0.2) is 0 Å². The van der Waals surface area contributed by atoms with Gasteiger partial charge >= 0.3 is 0 Å². The molecule has 5 aromatic carbocycles. The van der Waals surface area contributed by atoms with Gasteiger partial charge in [0.25, 0.3) is 5.82 Å². The van der Waals surface area contributed by atoms with Crippen LogP contribution in [0.3, 0.4) is 0 Å². The van der Waals surface area contributed by atoms with Crippen molar-refractivity contribution in [3.8, 4) is 28.5 Å². The molecule has 7 rings (SSSR count). The first-order chi connectivity index (χ1) is 23.2. The third kappa shape index (κ3) is 5.26. The molecule has 48 heavy (non-hydrogen) atoms. The third-order valence-corrected chi connectivity index (χ3v) is 9.93. The zero-order chi connectivity index (χ0) is 33.7. The van der Waals surface area contributed by atoms with E-state index in [9.17, 15) is 0 Å². The van der Waals surface area contributed by atoms with E-state index in [1.807, 2.05) is 0 Å². The van der Waals surface area contributed by atoms with Gasteiger partial charge in [-0.2, -0.15) is 9.13 Å². The van der Waals surface area contributed by atoms with Crippen LogP contribution in [0, 0.1) is 0 Å². The summed E-state index contributed by atoms with van der Waals surface area (Å²) in [6.45, 7) is 18.5. The highest BCUT2D eigenvalue weighted by Crippen LogP contribution is 2.38. The monoisotopic (exact) mass is 630 g/mol. The molecule has 0 fully saturated rings. The minimum atomic E-state index is 0.378. The van der Waals surface area contributed by atoms with Gasteiger partial charge < -0.3 is 4.57 Å². The number of hydrogen-bond donors (Lipinski definition) is 0. The molecule has 2 aromatic heterocycles. The maximum atomic E-state index is 2.49. The molecule has 0 aliphatic rings. The van der Waals surface area contributed by atoms with Crippen molar-refractivity contribution in [2.24, 2.45) is 0 Å². The van der Waals surface area contributed by atoms with Crippen molar-refractivity contribution in [2.75, 3.05) is 0 Å². The molecule has 0 N–H and O–H groups in total. The Hall–Kier alpha value is -4.89. The molecule has 0 bridgehead atoms. The molecular weight excluding hydrogens is 583 g/mol. The van der Waals surface area contributed by atoms with Gasteiger partial charge in [-0.05, 0) is 60.1 Å². The molecule has 2 heterocycles. The zero-order valence-corrected chi connectivity index (χ0v) is 29.7. The Morgan fingerprint density at radius 2 is 1.04 bits per heavy atom. The van der Waals surface area contributed by atoms with Crippen LogP contribution in [-0.4, -0.2) is 9.13 Å². The van der Waals surface area contributed by atoms with Crippen molar-refractivity contribution in [1.82, 2.24) is 9.13 Å². The first-order valence-electron chi connectivity index (χ1n) is 17.7. The molecule has 3 heteroatoms. The molecule has 0 aliphatic carbocycles. The molecule has 0 aliphatic heterocycles. The molecule has 0 spiro atoms. The summed E-state index contributed by atoms with van der Waals surface area (Å²) >= 11 is 0. The van der Waals surface area contributed by atoms with E-state index >= 15 is 0 Å². The molecule has 0 saturated carbocycles. The molecule has 0 unspecified atom stereocenters. The molecule has 7 aromatic rings. The summed E-state index contributed by atoms with van der Waals surface area (Å²) in [6, 6.07) is 40.4. The van der Waals surface area contributed by atoms with E-state index in [-0.39, 0.29) is 0 Å². The molecule has 0 saturated heterocycles. The Morgan fingerprint density at radius 1 is 0.500 bits per heavy atom. The number of aromatic nitrogens is 3. The van der Waals surface area contributed by atoms with Crippen LogP contribution >= 0.6 is 0 Å². The standard InChI is InChI=1S/C45H48N3/c1-29(2)35-19-14-20-36(30(3)4)43(35)46-26-27-47(44-37(31(5)6)21-15-22-38(44)32(7)8)45(46)33-24-25-42-40(28-33)39-18-12-13-23-41(39)48(42)34-16-10-9-11-17-34/h9-32H,1-8H3/q+1. The maximum Gasteiger partial charge on any atom is 0.299 e. The van der Waals surface area contributed by atoms with E-state index in [1.54, 1.807) is 0 Å². The summed E-state index contributed by atoms with van der Waals surface area (Å²) in [5, 5.41) is 2.52. The highest BCUT2D eigenvalue weighted by atomic mass is 15.2. The van der Waals surface area contributed by atoms with Crippen molar-refractivity contribution >= 4 is 21.8 Å². The smallest absolute Gasteiger partial charge is 0.299 e. The predicted octanol–water partition coefficient (Wildman–Crippen LogP) is 12.0. The van der Waals surface area contributed by atoms with Crippen LogP contribution in [0.1, 0.15) is 101 Å². The van der Waals surface area contributed by atoms with Crippen LogP contribution in [-0.2, 0) is 0 Å². The predicted molar refractivity (Wildman–Crippen MR) is 203 cm³/mol. The lowest BCUT2D eigenvalue weighted by molar-refractivity contribution is -0.584. The average Bonchev–Trinajstić information content (AvgIpc) is 3.67. The topological polar surface area (TPSA) is 13.7 Å². The van der Waals surface area contributed by atoms with Crippen molar-refractivity contribution in [3.05, 3.63) is 144 Å². The summed E-state index contributed by atoms with van der Waals surface area (Å²) in [4.78, 5) is 0. The van der Waals surface area contributed by atoms with Gasteiger partial charge in [-0.3, -0.25) is 0 Å².